The third-order valence-electron chi connectivity index (χ3n) is 3.68. The fourth-order valence-corrected chi connectivity index (χ4v) is 4.40. The molecule has 0 saturated carbocycles. The van der Waals surface area contributed by atoms with Crippen molar-refractivity contribution in [3.05, 3.63) is 15.8 Å². The molecular weight excluding hydrogens is 282 g/mol. The van der Waals surface area contributed by atoms with E-state index >= 15 is 0 Å². The largest absolute Gasteiger partial charge is 0.391 e. The van der Waals surface area contributed by atoms with Gasteiger partial charge in [-0.1, -0.05) is 27.7 Å². The monoisotopic (exact) mass is 305 g/mol. The Balaban J connectivity index is 2.97. The summed E-state index contributed by atoms with van der Waals surface area (Å²) in [5.74, 6) is 0.371. The standard InChI is InChI=1S/C13H23NO3S2/c1-9(2)13(4,5)8-14-19(16,17)12-10(3)7-18-11(12)6-15/h7,9,14-15H,6,8H2,1-5H3. The first kappa shape index (κ1) is 16.6. The molecule has 0 amide bonds. The molecule has 19 heavy (non-hydrogen) atoms. The number of rotatable bonds is 6. The minimum absolute atomic E-state index is 0.115. The predicted molar refractivity (Wildman–Crippen MR) is 78.8 cm³/mol. The summed E-state index contributed by atoms with van der Waals surface area (Å²) < 4.78 is 27.4. The quantitative estimate of drug-likeness (QED) is 0.848. The van der Waals surface area contributed by atoms with Gasteiger partial charge in [0.15, 0.2) is 0 Å². The first-order chi connectivity index (χ1) is 8.62. The van der Waals surface area contributed by atoms with Crippen molar-refractivity contribution >= 4 is 21.4 Å². The van der Waals surface area contributed by atoms with Crippen LogP contribution in [0, 0.1) is 18.3 Å². The van der Waals surface area contributed by atoms with Crippen LogP contribution in [0.5, 0.6) is 0 Å². The van der Waals surface area contributed by atoms with Crippen LogP contribution in [0.2, 0.25) is 0 Å². The summed E-state index contributed by atoms with van der Waals surface area (Å²) in [7, 11) is -3.56. The van der Waals surface area contributed by atoms with Gasteiger partial charge in [-0.2, -0.15) is 0 Å². The molecule has 1 rings (SSSR count). The maximum atomic E-state index is 12.3. The average molecular weight is 305 g/mol. The molecule has 2 N–H and O–H groups in total. The van der Waals surface area contributed by atoms with Crippen molar-refractivity contribution < 1.29 is 13.5 Å². The predicted octanol–water partition coefficient (Wildman–Crippen LogP) is 2.51. The third-order valence-corrected chi connectivity index (χ3v) is 6.53. The Bertz CT molecular complexity index is 530. The molecule has 0 radical (unpaired) electrons. The number of sulfonamides is 1. The van der Waals surface area contributed by atoms with Crippen LogP contribution in [0.15, 0.2) is 10.3 Å². The summed E-state index contributed by atoms with van der Waals surface area (Å²) >= 11 is 1.27. The molecule has 6 heteroatoms. The van der Waals surface area contributed by atoms with Gasteiger partial charge in [0, 0.05) is 6.54 Å². The highest BCUT2D eigenvalue weighted by atomic mass is 32.2. The van der Waals surface area contributed by atoms with Gasteiger partial charge in [-0.25, -0.2) is 13.1 Å². The van der Waals surface area contributed by atoms with E-state index in [1.165, 1.54) is 11.3 Å². The lowest BCUT2D eigenvalue weighted by Gasteiger charge is -2.29. The molecule has 1 heterocycles. The molecule has 0 saturated heterocycles. The van der Waals surface area contributed by atoms with Gasteiger partial charge in [0.2, 0.25) is 10.0 Å². The maximum Gasteiger partial charge on any atom is 0.242 e. The van der Waals surface area contributed by atoms with Crippen LogP contribution in [0.4, 0.5) is 0 Å². The minimum Gasteiger partial charge on any atom is -0.391 e. The first-order valence-electron chi connectivity index (χ1n) is 6.29. The molecule has 0 spiro atoms. The summed E-state index contributed by atoms with van der Waals surface area (Å²) in [6.07, 6.45) is 0. The molecule has 4 nitrogen and oxygen atoms in total. The van der Waals surface area contributed by atoms with Crippen molar-refractivity contribution in [2.75, 3.05) is 6.54 Å². The molecule has 0 aliphatic carbocycles. The van der Waals surface area contributed by atoms with Crippen molar-refractivity contribution in [1.82, 2.24) is 4.72 Å². The van der Waals surface area contributed by atoms with Gasteiger partial charge in [0.1, 0.15) is 4.90 Å². The van der Waals surface area contributed by atoms with Crippen molar-refractivity contribution in [2.45, 2.75) is 46.1 Å². The molecule has 0 bridgehead atoms. The molecule has 0 fully saturated rings. The zero-order valence-corrected chi connectivity index (χ0v) is 13.8. The number of hydrogen-bond donors (Lipinski definition) is 2. The van der Waals surface area contributed by atoms with E-state index in [1.807, 2.05) is 13.8 Å². The first-order valence-corrected chi connectivity index (χ1v) is 8.65. The number of hydrogen-bond acceptors (Lipinski definition) is 4. The van der Waals surface area contributed by atoms with Gasteiger partial charge in [0.05, 0.1) is 11.5 Å². The van der Waals surface area contributed by atoms with Crippen molar-refractivity contribution in [2.24, 2.45) is 11.3 Å². The lowest BCUT2D eigenvalue weighted by Crippen LogP contribution is -2.37. The summed E-state index contributed by atoms with van der Waals surface area (Å²) in [5.41, 5.74) is 0.569. The maximum absolute atomic E-state index is 12.3. The van der Waals surface area contributed by atoms with Gasteiger partial charge in [-0.3, -0.25) is 0 Å². The second-order valence-electron chi connectivity index (χ2n) is 5.80. The minimum atomic E-state index is -3.56. The summed E-state index contributed by atoms with van der Waals surface area (Å²) in [6.45, 7) is 10.1. The SMILES string of the molecule is Cc1csc(CO)c1S(=O)(=O)NCC(C)(C)C(C)C. The van der Waals surface area contributed by atoms with E-state index in [2.05, 4.69) is 18.6 Å². The second-order valence-corrected chi connectivity index (χ2v) is 8.46. The van der Waals surface area contributed by atoms with Crippen LogP contribution in [-0.4, -0.2) is 20.1 Å². The molecule has 1 aromatic heterocycles. The van der Waals surface area contributed by atoms with E-state index < -0.39 is 10.0 Å². The number of aliphatic hydroxyl groups excluding tert-OH is 1. The van der Waals surface area contributed by atoms with Crippen LogP contribution < -0.4 is 4.72 Å². The molecular formula is C13H23NO3S2. The Morgan fingerprint density at radius 2 is 2.00 bits per heavy atom. The molecule has 0 atom stereocenters. The summed E-state index contributed by atoms with van der Waals surface area (Å²) in [4.78, 5) is 0.729. The van der Waals surface area contributed by atoms with Crippen molar-refractivity contribution in [3.8, 4) is 0 Å². The topological polar surface area (TPSA) is 66.4 Å². The Hall–Kier alpha value is -0.430. The molecule has 1 aromatic rings. The Kier molecular flexibility index (Phi) is 5.17. The van der Waals surface area contributed by atoms with E-state index in [-0.39, 0.29) is 16.9 Å². The van der Waals surface area contributed by atoms with Crippen LogP contribution in [0.25, 0.3) is 0 Å². The lowest BCUT2D eigenvalue weighted by atomic mass is 9.81. The van der Waals surface area contributed by atoms with Gasteiger partial charge in [-0.05, 0) is 29.2 Å². The zero-order chi connectivity index (χ0) is 14.8. The molecule has 0 unspecified atom stereocenters. The van der Waals surface area contributed by atoms with Gasteiger partial charge in [0.25, 0.3) is 0 Å². The Labute approximate surface area is 119 Å². The van der Waals surface area contributed by atoms with Crippen LogP contribution >= 0.6 is 11.3 Å². The highest BCUT2D eigenvalue weighted by molar-refractivity contribution is 7.89. The number of thiophene rings is 1. The Morgan fingerprint density at radius 1 is 1.42 bits per heavy atom. The highest BCUT2D eigenvalue weighted by Crippen LogP contribution is 2.29. The van der Waals surface area contributed by atoms with Crippen molar-refractivity contribution in [3.63, 3.8) is 0 Å². The van der Waals surface area contributed by atoms with Crippen LogP contribution in [0.1, 0.15) is 38.1 Å². The molecule has 0 aliphatic rings. The fraction of sp³-hybridized carbons (Fsp3) is 0.692. The third kappa shape index (κ3) is 3.78. The van der Waals surface area contributed by atoms with E-state index in [9.17, 15) is 13.5 Å². The van der Waals surface area contributed by atoms with E-state index in [0.29, 0.717) is 22.9 Å². The van der Waals surface area contributed by atoms with E-state index in [4.69, 9.17) is 0 Å². The summed E-state index contributed by atoms with van der Waals surface area (Å²) in [6, 6.07) is 0. The van der Waals surface area contributed by atoms with Gasteiger partial charge in [-0.15, -0.1) is 11.3 Å². The zero-order valence-electron chi connectivity index (χ0n) is 12.1. The van der Waals surface area contributed by atoms with Crippen molar-refractivity contribution in [1.29, 1.82) is 0 Å². The van der Waals surface area contributed by atoms with Crippen LogP contribution in [0.3, 0.4) is 0 Å². The van der Waals surface area contributed by atoms with Gasteiger partial charge < -0.3 is 5.11 Å². The lowest BCUT2D eigenvalue weighted by molar-refractivity contribution is 0.252. The Morgan fingerprint density at radius 3 is 2.47 bits per heavy atom. The smallest absolute Gasteiger partial charge is 0.242 e. The highest BCUT2D eigenvalue weighted by Gasteiger charge is 2.28. The fourth-order valence-electron chi connectivity index (χ4n) is 1.51. The summed E-state index contributed by atoms with van der Waals surface area (Å²) in [5, 5.41) is 11.0. The molecule has 0 aliphatic heterocycles. The molecule has 0 aromatic carbocycles. The normalized spacial score (nSPS) is 13.2. The molecule has 110 valence electrons. The second kappa shape index (κ2) is 5.91. The van der Waals surface area contributed by atoms with E-state index in [0.717, 1.165) is 0 Å². The number of nitrogens with one attached hydrogen (secondary N) is 1. The average Bonchev–Trinajstić information content (AvgIpc) is 2.68. The van der Waals surface area contributed by atoms with E-state index in [1.54, 1.807) is 12.3 Å². The van der Waals surface area contributed by atoms with Gasteiger partial charge >= 0.3 is 0 Å². The number of aliphatic hydroxyl groups is 1. The van der Waals surface area contributed by atoms with Crippen LogP contribution in [-0.2, 0) is 16.6 Å². The number of aryl methyl sites for hydroxylation is 1.